The second-order valence-corrected chi connectivity index (χ2v) is 9.18. The molecule has 0 atom stereocenters. The molecule has 158 valence electrons. The van der Waals surface area contributed by atoms with Crippen molar-refractivity contribution in [2.75, 3.05) is 0 Å². The molecular formula is C27H36N3+. The molecule has 0 aliphatic rings. The summed E-state index contributed by atoms with van der Waals surface area (Å²) >= 11 is 0. The molecule has 0 amide bonds. The predicted molar refractivity (Wildman–Crippen MR) is 128 cm³/mol. The minimum atomic E-state index is 0.455. The fraction of sp³-hybridized carbons (Fsp3) is 0.407. The van der Waals surface area contributed by atoms with Gasteiger partial charge in [-0.2, -0.15) is 0 Å². The minimum absolute atomic E-state index is 0.455. The van der Waals surface area contributed by atoms with E-state index in [1.54, 1.807) is 0 Å². The molecule has 3 heteroatoms. The zero-order valence-electron chi connectivity index (χ0n) is 19.8. The number of imidazole rings is 1. The van der Waals surface area contributed by atoms with Crippen molar-refractivity contribution in [3.05, 3.63) is 76.9 Å². The Morgan fingerprint density at radius 1 is 0.967 bits per heavy atom. The van der Waals surface area contributed by atoms with Crippen molar-refractivity contribution < 1.29 is 4.57 Å². The number of benzene rings is 2. The molecule has 0 unspecified atom stereocenters. The van der Waals surface area contributed by atoms with Crippen molar-refractivity contribution in [1.82, 2.24) is 4.57 Å². The van der Waals surface area contributed by atoms with Crippen LogP contribution < -0.4 is 4.57 Å². The van der Waals surface area contributed by atoms with E-state index in [9.17, 15) is 0 Å². The Morgan fingerprint density at radius 2 is 1.53 bits per heavy atom. The number of aliphatic imine (C=N–C) groups is 1. The number of nitrogens with zero attached hydrogens (tertiary/aromatic N) is 3. The molecule has 0 aliphatic heterocycles. The zero-order chi connectivity index (χ0) is 22.0. The number of aromatic nitrogens is 2. The summed E-state index contributed by atoms with van der Waals surface area (Å²) in [4.78, 5) is 5.11. The number of hydrogen-bond acceptors (Lipinski definition) is 1. The van der Waals surface area contributed by atoms with Crippen LogP contribution in [0.4, 0.5) is 5.69 Å². The summed E-state index contributed by atoms with van der Waals surface area (Å²) < 4.78 is 4.43. The van der Waals surface area contributed by atoms with Gasteiger partial charge in [0.2, 0.25) is 6.33 Å². The number of hydrogen-bond donors (Lipinski definition) is 0. The Labute approximate surface area is 182 Å². The molecule has 3 aromatic rings. The normalized spacial score (nSPS) is 12.3. The van der Waals surface area contributed by atoms with Crippen molar-refractivity contribution >= 4 is 11.4 Å². The third-order valence-corrected chi connectivity index (χ3v) is 5.64. The van der Waals surface area contributed by atoms with E-state index in [0.29, 0.717) is 11.8 Å². The first kappa shape index (κ1) is 22.0. The van der Waals surface area contributed by atoms with E-state index in [4.69, 9.17) is 4.99 Å². The molecule has 1 aromatic heterocycles. The van der Waals surface area contributed by atoms with E-state index in [-0.39, 0.29) is 0 Å². The summed E-state index contributed by atoms with van der Waals surface area (Å²) in [5.41, 5.74) is 10.1. The third-order valence-electron chi connectivity index (χ3n) is 5.64. The fourth-order valence-electron chi connectivity index (χ4n) is 4.33. The van der Waals surface area contributed by atoms with Gasteiger partial charge in [0.1, 0.15) is 24.6 Å². The average molecular weight is 403 g/mol. The van der Waals surface area contributed by atoms with Crippen molar-refractivity contribution in [2.24, 2.45) is 4.99 Å². The minimum Gasteiger partial charge on any atom is -0.253 e. The summed E-state index contributed by atoms with van der Waals surface area (Å²) in [5, 5.41) is 0. The summed E-state index contributed by atoms with van der Waals surface area (Å²) in [6.07, 6.45) is 6.44. The molecule has 0 fully saturated rings. The van der Waals surface area contributed by atoms with Crippen LogP contribution >= 0.6 is 0 Å². The second kappa shape index (κ2) is 8.99. The maximum atomic E-state index is 5.11. The van der Waals surface area contributed by atoms with Crippen molar-refractivity contribution in [1.29, 1.82) is 0 Å². The number of para-hydroxylation sites is 1. The first-order valence-corrected chi connectivity index (χ1v) is 11.0. The Bertz CT molecular complexity index is 1020. The molecule has 0 radical (unpaired) electrons. The molecular weight excluding hydrogens is 366 g/mol. The van der Waals surface area contributed by atoms with Crippen LogP contribution in [0.15, 0.2) is 54.0 Å². The SMILES string of the molecule is CC(C[n+]1ccn(-c2c(C)cc(C)cc2C)c1)=Nc1c(C(C)C)cccc1C(C)C. The molecule has 3 nitrogen and oxygen atoms in total. The predicted octanol–water partition coefficient (Wildman–Crippen LogP) is 6.73. The molecule has 0 spiro atoms. The van der Waals surface area contributed by atoms with Gasteiger partial charge in [0.15, 0.2) is 0 Å². The highest BCUT2D eigenvalue weighted by Gasteiger charge is 2.16. The Hall–Kier alpha value is -2.68. The maximum absolute atomic E-state index is 5.11. The third kappa shape index (κ3) is 4.72. The molecule has 2 aromatic carbocycles. The Morgan fingerprint density at radius 3 is 2.07 bits per heavy atom. The van der Waals surface area contributed by atoms with E-state index in [2.05, 4.69) is 114 Å². The molecule has 0 N–H and O–H groups in total. The van der Waals surface area contributed by atoms with Crippen LogP contribution in [0, 0.1) is 20.8 Å². The lowest BCUT2D eigenvalue weighted by Gasteiger charge is -2.16. The lowest BCUT2D eigenvalue weighted by molar-refractivity contribution is -0.681. The van der Waals surface area contributed by atoms with E-state index in [1.807, 2.05) is 0 Å². The van der Waals surface area contributed by atoms with Crippen molar-refractivity contribution in [3.63, 3.8) is 0 Å². The Balaban J connectivity index is 1.92. The standard InChI is InChI=1S/C27H36N3/c1-18(2)24-10-9-11-25(19(3)4)26(24)28-23(8)16-29-12-13-30(17-29)27-21(6)14-20(5)15-22(27)7/h9-15,17-19H,16H2,1-8H3/q+1. The van der Waals surface area contributed by atoms with Crippen LogP contribution in [0.25, 0.3) is 5.69 Å². The fourth-order valence-corrected chi connectivity index (χ4v) is 4.33. The smallest absolute Gasteiger partial charge is 0.249 e. The number of rotatable bonds is 6. The van der Waals surface area contributed by atoms with Gasteiger partial charge in [-0.3, -0.25) is 4.99 Å². The molecule has 0 bridgehead atoms. The van der Waals surface area contributed by atoms with Crippen LogP contribution in [0.1, 0.15) is 74.3 Å². The first-order chi connectivity index (χ1) is 14.2. The van der Waals surface area contributed by atoms with E-state index in [0.717, 1.165) is 17.9 Å². The highest BCUT2D eigenvalue weighted by atomic mass is 15.1. The lowest BCUT2D eigenvalue weighted by Crippen LogP contribution is -2.34. The molecule has 30 heavy (non-hydrogen) atoms. The van der Waals surface area contributed by atoms with Gasteiger partial charge < -0.3 is 0 Å². The molecule has 1 heterocycles. The van der Waals surface area contributed by atoms with E-state index >= 15 is 0 Å². The Kier molecular flexibility index (Phi) is 6.60. The first-order valence-electron chi connectivity index (χ1n) is 11.0. The highest BCUT2D eigenvalue weighted by molar-refractivity contribution is 5.84. The maximum Gasteiger partial charge on any atom is 0.249 e. The highest BCUT2D eigenvalue weighted by Crippen LogP contribution is 2.34. The molecule has 0 saturated heterocycles. The van der Waals surface area contributed by atoms with Gasteiger partial charge in [-0.15, -0.1) is 0 Å². The molecule has 0 saturated carbocycles. The van der Waals surface area contributed by atoms with Crippen LogP contribution in [-0.2, 0) is 6.54 Å². The average Bonchev–Trinajstić information content (AvgIpc) is 3.08. The molecule has 0 aliphatic carbocycles. The summed E-state index contributed by atoms with van der Waals surface area (Å²) in [5.74, 6) is 0.910. The number of aryl methyl sites for hydroxylation is 3. The quantitative estimate of drug-likeness (QED) is 0.322. The van der Waals surface area contributed by atoms with Gasteiger partial charge in [0, 0.05) is 0 Å². The van der Waals surface area contributed by atoms with Gasteiger partial charge in [-0.25, -0.2) is 9.13 Å². The lowest BCUT2D eigenvalue weighted by atomic mass is 9.93. The molecule has 3 rings (SSSR count). The summed E-state index contributed by atoms with van der Waals surface area (Å²) in [7, 11) is 0. The zero-order valence-corrected chi connectivity index (χ0v) is 19.8. The van der Waals surface area contributed by atoms with Gasteiger partial charge in [-0.1, -0.05) is 63.6 Å². The van der Waals surface area contributed by atoms with E-state index in [1.165, 1.54) is 33.5 Å². The van der Waals surface area contributed by atoms with E-state index < -0.39 is 0 Å². The van der Waals surface area contributed by atoms with Crippen LogP contribution in [0.3, 0.4) is 0 Å². The van der Waals surface area contributed by atoms with Gasteiger partial charge >= 0.3 is 0 Å². The monoisotopic (exact) mass is 402 g/mol. The van der Waals surface area contributed by atoms with Crippen LogP contribution in [0.5, 0.6) is 0 Å². The summed E-state index contributed by atoms with van der Waals surface area (Å²) in [6.45, 7) is 18.4. The van der Waals surface area contributed by atoms with Crippen LogP contribution in [0.2, 0.25) is 0 Å². The second-order valence-electron chi connectivity index (χ2n) is 9.18. The van der Waals surface area contributed by atoms with Gasteiger partial charge in [0.05, 0.1) is 11.4 Å². The van der Waals surface area contributed by atoms with Crippen LogP contribution in [-0.4, -0.2) is 10.3 Å². The topological polar surface area (TPSA) is 21.2 Å². The van der Waals surface area contributed by atoms with Crippen molar-refractivity contribution in [2.45, 2.75) is 73.8 Å². The van der Waals surface area contributed by atoms with Gasteiger partial charge in [-0.05, 0) is 61.8 Å². The van der Waals surface area contributed by atoms with Gasteiger partial charge in [0.25, 0.3) is 0 Å². The largest absolute Gasteiger partial charge is 0.253 e. The van der Waals surface area contributed by atoms with Crippen molar-refractivity contribution in [3.8, 4) is 5.69 Å². The summed E-state index contributed by atoms with van der Waals surface area (Å²) in [6, 6.07) is 11.1.